The number of halogens is 2. The molecule has 0 radical (unpaired) electrons. The van der Waals surface area contributed by atoms with Gasteiger partial charge in [-0.1, -0.05) is 23.7 Å². The van der Waals surface area contributed by atoms with Crippen LogP contribution in [0.3, 0.4) is 0 Å². The number of fused-ring (bicyclic) bond motifs is 3. The fourth-order valence-electron chi connectivity index (χ4n) is 5.51. The van der Waals surface area contributed by atoms with Crippen molar-refractivity contribution in [1.82, 2.24) is 9.80 Å². The molecule has 12 heteroatoms. The van der Waals surface area contributed by atoms with Gasteiger partial charge < -0.3 is 33.4 Å². The third kappa shape index (κ3) is 8.13. The fourth-order valence-corrected chi connectivity index (χ4v) is 5.64. The lowest BCUT2D eigenvalue weighted by Crippen LogP contribution is -2.49. The Morgan fingerprint density at radius 3 is 2.45 bits per heavy atom. The molecule has 4 aromatic rings. The van der Waals surface area contributed by atoms with E-state index in [1.165, 1.54) is 11.6 Å². The SMILES string of the molecule is CC1=CCc2c(cc3oc(C)cc(=O)c3c2O)OC1.Cl.O=C(COc1ccc(Cl)cc1)N1CCN(Cc2ccc3c(c2)OCO3)CC1. The van der Waals surface area contributed by atoms with Crippen LogP contribution in [0.2, 0.25) is 5.02 Å². The Kier molecular flexibility index (Phi) is 10.9. The fraction of sp³-hybridized carbons (Fsp3) is 0.314. The van der Waals surface area contributed by atoms with Crippen molar-refractivity contribution >= 4 is 40.9 Å². The molecular formula is C35H36Cl2N2O8. The van der Waals surface area contributed by atoms with Gasteiger partial charge >= 0.3 is 0 Å². The Hall–Kier alpha value is -4.38. The Bertz CT molecular complexity index is 1830. The Morgan fingerprint density at radius 2 is 1.68 bits per heavy atom. The van der Waals surface area contributed by atoms with Crippen LogP contribution in [-0.2, 0) is 17.8 Å². The summed E-state index contributed by atoms with van der Waals surface area (Å²) in [5, 5.41) is 11.2. The number of phenolic OH excluding ortho intramolecular Hbond substituents is 1. The van der Waals surface area contributed by atoms with Crippen LogP contribution in [0.25, 0.3) is 11.0 Å². The lowest BCUT2D eigenvalue weighted by molar-refractivity contribution is -0.135. The molecule has 1 aromatic heterocycles. The molecule has 3 aromatic carbocycles. The smallest absolute Gasteiger partial charge is 0.260 e. The van der Waals surface area contributed by atoms with Gasteiger partial charge in [-0.3, -0.25) is 14.5 Å². The number of aryl methyl sites for hydroxylation is 1. The minimum atomic E-state index is -0.232. The van der Waals surface area contributed by atoms with Crippen LogP contribution in [0, 0.1) is 6.92 Å². The molecule has 10 nitrogen and oxygen atoms in total. The molecule has 1 amide bonds. The minimum Gasteiger partial charge on any atom is -0.507 e. The molecule has 0 unspecified atom stereocenters. The number of piperazine rings is 1. The zero-order chi connectivity index (χ0) is 32.2. The van der Waals surface area contributed by atoms with E-state index in [-0.39, 0.29) is 48.3 Å². The maximum absolute atomic E-state index is 12.4. The van der Waals surface area contributed by atoms with Gasteiger partial charge in [-0.05, 0) is 67.8 Å². The van der Waals surface area contributed by atoms with Crippen molar-refractivity contribution in [2.24, 2.45) is 0 Å². The summed E-state index contributed by atoms with van der Waals surface area (Å²) in [5.41, 5.74) is 3.05. The predicted octanol–water partition coefficient (Wildman–Crippen LogP) is 5.90. The zero-order valence-electron chi connectivity index (χ0n) is 26.1. The van der Waals surface area contributed by atoms with Crippen LogP contribution < -0.4 is 24.4 Å². The maximum Gasteiger partial charge on any atom is 0.260 e. The number of hydrogen-bond acceptors (Lipinski definition) is 9. The average Bonchev–Trinajstić information content (AvgIpc) is 3.43. The van der Waals surface area contributed by atoms with Gasteiger partial charge in [0.1, 0.15) is 40.6 Å². The number of benzene rings is 3. The summed E-state index contributed by atoms with van der Waals surface area (Å²) in [6.07, 6.45) is 2.55. The number of aromatic hydroxyl groups is 1. The van der Waals surface area contributed by atoms with E-state index in [1.807, 2.05) is 30.0 Å². The first-order valence-electron chi connectivity index (χ1n) is 15.1. The largest absolute Gasteiger partial charge is 0.507 e. The molecule has 3 aliphatic rings. The number of carbonyl (C=O) groups is 1. The van der Waals surface area contributed by atoms with Gasteiger partial charge in [0.25, 0.3) is 5.91 Å². The molecule has 248 valence electrons. The van der Waals surface area contributed by atoms with Crippen LogP contribution in [0.1, 0.15) is 23.8 Å². The second-order valence-electron chi connectivity index (χ2n) is 11.4. The number of phenols is 1. The quantitative estimate of drug-likeness (QED) is 0.257. The van der Waals surface area contributed by atoms with Crippen molar-refractivity contribution in [3.05, 3.63) is 98.4 Å². The van der Waals surface area contributed by atoms with E-state index in [1.54, 1.807) is 37.3 Å². The first kappa shape index (κ1) is 34.0. The number of ether oxygens (including phenoxy) is 4. The zero-order valence-corrected chi connectivity index (χ0v) is 27.7. The summed E-state index contributed by atoms with van der Waals surface area (Å²) in [7, 11) is 0. The first-order valence-corrected chi connectivity index (χ1v) is 15.5. The summed E-state index contributed by atoms with van der Waals surface area (Å²) < 4.78 is 27.5. The van der Waals surface area contributed by atoms with E-state index in [9.17, 15) is 14.7 Å². The van der Waals surface area contributed by atoms with Crippen LogP contribution in [-0.4, -0.2) is 67.0 Å². The number of carbonyl (C=O) groups excluding carboxylic acids is 1. The highest BCUT2D eigenvalue weighted by atomic mass is 35.5. The summed E-state index contributed by atoms with van der Waals surface area (Å²) in [4.78, 5) is 28.5. The molecule has 4 heterocycles. The Morgan fingerprint density at radius 1 is 0.936 bits per heavy atom. The molecule has 0 bridgehead atoms. The number of amides is 1. The summed E-state index contributed by atoms with van der Waals surface area (Å²) >= 11 is 5.85. The van der Waals surface area contributed by atoms with Gasteiger partial charge in [0.05, 0.1) is 0 Å². The molecule has 1 fully saturated rings. The van der Waals surface area contributed by atoms with E-state index in [2.05, 4.69) is 11.0 Å². The summed E-state index contributed by atoms with van der Waals surface area (Å²) in [5.74, 6) is 3.32. The highest BCUT2D eigenvalue weighted by Crippen LogP contribution is 2.37. The minimum absolute atomic E-state index is 0. The van der Waals surface area contributed by atoms with Crippen LogP contribution in [0.5, 0.6) is 28.7 Å². The van der Waals surface area contributed by atoms with Gasteiger partial charge in [-0.25, -0.2) is 0 Å². The van der Waals surface area contributed by atoms with Gasteiger partial charge in [-0.2, -0.15) is 0 Å². The Balaban J connectivity index is 0.000000191. The second kappa shape index (κ2) is 15.0. The average molecular weight is 684 g/mol. The molecule has 0 aliphatic carbocycles. The van der Waals surface area contributed by atoms with Crippen LogP contribution >= 0.6 is 24.0 Å². The highest BCUT2D eigenvalue weighted by molar-refractivity contribution is 6.30. The van der Waals surface area contributed by atoms with E-state index in [0.29, 0.717) is 59.5 Å². The molecule has 0 atom stereocenters. The predicted molar refractivity (Wildman–Crippen MR) is 180 cm³/mol. The van der Waals surface area contributed by atoms with E-state index >= 15 is 0 Å². The van der Waals surface area contributed by atoms with Gasteiger partial charge in [0, 0.05) is 55.4 Å². The van der Waals surface area contributed by atoms with Crippen molar-refractivity contribution in [1.29, 1.82) is 0 Å². The van der Waals surface area contributed by atoms with E-state index < -0.39 is 0 Å². The maximum atomic E-state index is 12.4. The van der Waals surface area contributed by atoms with Crippen molar-refractivity contribution in [2.75, 3.05) is 46.2 Å². The van der Waals surface area contributed by atoms with Crippen molar-refractivity contribution < 1.29 is 33.3 Å². The number of hydrogen-bond donors (Lipinski definition) is 1. The van der Waals surface area contributed by atoms with Gasteiger partial charge in [0.15, 0.2) is 23.5 Å². The molecule has 0 saturated carbocycles. The van der Waals surface area contributed by atoms with Gasteiger partial charge in [-0.15, -0.1) is 12.4 Å². The van der Waals surface area contributed by atoms with Crippen LogP contribution in [0.4, 0.5) is 0 Å². The van der Waals surface area contributed by atoms with Crippen molar-refractivity contribution in [2.45, 2.75) is 26.8 Å². The number of rotatable bonds is 5. The molecule has 1 N–H and O–H groups in total. The highest BCUT2D eigenvalue weighted by Gasteiger charge is 2.23. The lowest BCUT2D eigenvalue weighted by Gasteiger charge is -2.34. The third-order valence-electron chi connectivity index (χ3n) is 8.03. The number of nitrogens with zero attached hydrogens (tertiary/aromatic N) is 2. The van der Waals surface area contributed by atoms with Crippen LogP contribution in [0.15, 0.2) is 75.5 Å². The first-order chi connectivity index (χ1) is 22.2. The molecule has 0 spiro atoms. The molecule has 7 rings (SSSR count). The van der Waals surface area contributed by atoms with Crippen molar-refractivity contribution in [3.8, 4) is 28.7 Å². The Labute approximate surface area is 283 Å². The van der Waals surface area contributed by atoms with Crippen molar-refractivity contribution in [3.63, 3.8) is 0 Å². The second-order valence-corrected chi connectivity index (χ2v) is 11.9. The monoisotopic (exact) mass is 682 g/mol. The molecule has 1 saturated heterocycles. The van der Waals surface area contributed by atoms with Gasteiger partial charge in [0.2, 0.25) is 6.79 Å². The summed E-state index contributed by atoms with van der Waals surface area (Å²) in [6.45, 7) is 8.39. The van der Waals surface area contributed by atoms with E-state index in [0.717, 1.165) is 36.7 Å². The topological polar surface area (TPSA) is 111 Å². The standard InChI is InChI=1S/C20H21ClN2O4.C15H14O4.ClH/c21-16-2-4-17(5-3-16)25-13-20(24)23-9-7-22(8-10-23)12-15-1-6-18-19(11-15)27-14-26-18;1-8-3-4-10-12(18-7-8)6-13-14(15(10)17)11(16)5-9(2)19-13;/h1-6,11H,7-10,12-14H2;3,5-6,17H,4,7H2,1-2H3;1H. The molecular weight excluding hydrogens is 647 g/mol. The normalized spacial score (nSPS) is 15.3. The number of allylic oxidation sites excluding steroid dienone is 1. The van der Waals surface area contributed by atoms with E-state index in [4.69, 9.17) is 35.0 Å². The molecule has 3 aliphatic heterocycles. The lowest BCUT2D eigenvalue weighted by atomic mass is 10.0. The molecule has 47 heavy (non-hydrogen) atoms. The summed E-state index contributed by atoms with van der Waals surface area (Å²) in [6, 6.07) is 16.1. The third-order valence-corrected chi connectivity index (χ3v) is 8.29.